The highest BCUT2D eigenvalue weighted by Crippen LogP contribution is 2.22. The van der Waals surface area contributed by atoms with Gasteiger partial charge in [-0.15, -0.1) is 0 Å². The van der Waals surface area contributed by atoms with Gasteiger partial charge in [-0.25, -0.2) is 0 Å². The highest BCUT2D eigenvalue weighted by atomic mass is 16.5. The molecule has 0 radical (unpaired) electrons. The standard InChI is InChI=1S/C9H12O3/c1-3-12-9(11)7-4-5-8(10)6(7)2/h4-7H,3H2,1-2H3. The second kappa shape index (κ2) is 3.52. The maximum Gasteiger partial charge on any atom is 0.313 e. The van der Waals surface area contributed by atoms with Crippen LogP contribution in [0.4, 0.5) is 0 Å². The van der Waals surface area contributed by atoms with Crippen LogP contribution in [-0.4, -0.2) is 18.4 Å². The fourth-order valence-electron chi connectivity index (χ4n) is 1.22. The molecule has 0 spiro atoms. The predicted octanol–water partition coefficient (Wildman–Crippen LogP) is 0.941. The lowest BCUT2D eigenvalue weighted by Crippen LogP contribution is -2.22. The van der Waals surface area contributed by atoms with Crippen molar-refractivity contribution in [3.8, 4) is 0 Å². The van der Waals surface area contributed by atoms with E-state index in [0.717, 1.165) is 0 Å². The molecular formula is C9H12O3. The first-order valence-corrected chi connectivity index (χ1v) is 4.05. The van der Waals surface area contributed by atoms with Gasteiger partial charge in [0, 0.05) is 5.92 Å². The second-order valence-corrected chi connectivity index (χ2v) is 2.83. The highest BCUT2D eigenvalue weighted by Gasteiger charge is 2.32. The smallest absolute Gasteiger partial charge is 0.313 e. The molecular weight excluding hydrogens is 156 g/mol. The zero-order valence-corrected chi connectivity index (χ0v) is 7.24. The van der Waals surface area contributed by atoms with Crippen LogP contribution < -0.4 is 0 Å². The minimum Gasteiger partial charge on any atom is -0.466 e. The Bertz CT molecular complexity index is 230. The van der Waals surface area contributed by atoms with Gasteiger partial charge in [-0.3, -0.25) is 9.59 Å². The number of esters is 1. The lowest BCUT2D eigenvalue weighted by Gasteiger charge is -2.11. The third kappa shape index (κ3) is 1.55. The summed E-state index contributed by atoms with van der Waals surface area (Å²) in [5.74, 6) is -0.901. The van der Waals surface area contributed by atoms with Crippen molar-refractivity contribution in [2.75, 3.05) is 6.61 Å². The number of carbonyl (C=O) groups is 2. The van der Waals surface area contributed by atoms with Crippen molar-refractivity contribution in [2.24, 2.45) is 11.8 Å². The SMILES string of the molecule is CCOC(=O)C1C=CC(=O)C1C. The Morgan fingerprint density at radius 3 is 2.75 bits per heavy atom. The first kappa shape index (κ1) is 8.97. The van der Waals surface area contributed by atoms with Crippen LogP contribution in [0.2, 0.25) is 0 Å². The van der Waals surface area contributed by atoms with Gasteiger partial charge >= 0.3 is 5.97 Å². The minimum atomic E-state index is -0.363. The molecule has 66 valence electrons. The lowest BCUT2D eigenvalue weighted by atomic mass is 9.97. The molecule has 0 amide bonds. The van der Waals surface area contributed by atoms with Crippen LogP contribution in [0.1, 0.15) is 13.8 Å². The summed E-state index contributed by atoms with van der Waals surface area (Å²) < 4.78 is 4.80. The molecule has 1 aliphatic carbocycles. The van der Waals surface area contributed by atoms with Crippen molar-refractivity contribution in [3.63, 3.8) is 0 Å². The van der Waals surface area contributed by atoms with Crippen LogP contribution in [0, 0.1) is 11.8 Å². The zero-order valence-electron chi connectivity index (χ0n) is 7.24. The Balaban J connectivity index is 2.60. The Hall–Kier alpha value is -1.12. The van der Waals surface area contributed by atoms with Crippen molar-refractivity contribution < 1.29 is 14.3 Å². The summed E-state index contributed by atoms with van der Waals surface area (Å²) in [7, 11) is 0. The van der Waals surface area contributed by atoms with E-state index in [2.05, 4.69) is 0 Å². The van der Waals surface area contributed by atoms with Crippen molar-refractivity contribution in [1.29, 1.82) is 0 Å². The average molecular weight is 168 g/mol. The van der Waals surface area contributed by atoms with Gasteiger partial charge in [-0.1, -0.05) is 13.0 Å². The van der Waals surface area contributed by atoms with Gasteiger partial charge < -0.3 is 4.74 Å². The van der Waals surface area contributed by atoms with Crippen molar-refractivity contribution >= 4 is 11.8 Å². The molecule has 2 unspecified atom stereocenters. The van der Waals surface area contributed by atoms with Crippen LogP contribution in [0.15, 0.2) is 12.2 Å². The third-order valence-corrected chi connectivity index (χ3v) is 2.01. The molecule has 0 aromatic carbocycles. The van der Waals surface area contributed by atoms with E-state index >= 15 is 0 Å². The van der Waals surface area contributed by atoms with E-state index in [4.69, 9.17) is 4.74 Å². The van der Waals surface area contributed by atoms with E-state index < -0.39 is 0 Å². The van der Waals surface area contributed by atoms with E-state index in [9.17, 15) is 9.59 Å². The number of hydrogen-bond acceptors (Lipinski definition) is 3. The first-order valence-electron chi connectivity index (χ1n) is 4.05. The normalized spacial score (nSPS) is 27.7. The van der Waals surface area contributed by atoms with Crippen LogP contribution in [0.3, 0.4) is 0 Å². The largest absolute Gasteiger partial charge is 0.466 e. The lowest BCUT2D eigenvalue weighted by molar-refractivity contribution is -0.148. The molecule has 0 bridgehead atoms. The van der Waals surface area contributed by atoms with Gasteiger partial charge in [0.1, 0.15) is 0 Å². The summed E-state index contributed by atoms with van der Waals surface area (Å²) in [5.41, 5.74) is 0. The summed E-state index contributed by atoms with van der Waals surface area (Å²) in [6.07, 6.45) is 3.07. The Labute approximate surface area is 71.4 Å². The molecule has 0 fully saturated rings. The van der Waals surface area contributed by atoms with Gasteiger partial charge in [0.05, 0.1) is 12.5 Å². The third-order valence-electron chi connectivity index (χ3n) is 2.01. The van der Waals surface area contributed by atoms with E-state index in [1.165, 1.54) is 6.08 Å². The summed E-state index contributed by atoms with van der Waals surface area (Å²) in [4.78, 5) is 22.2. The fourth-order valence-corrected chi connectivity index (χ4v) is 1.22. The molecule has 0 aromatic rings. The summed E-state index contributed by atoms with van der Waals surface area (Å²) in [6, 6.07) is 0. The van der Waals surface area contributed by atoms with Crippen molar-refractivity contribution in [1.82, 2.24) is 0 Å². The van der Waals surface area contributed by atoms with Crippen molar-refractivity contribution in [3.05, 3.63) is 12.2 Å². The molecule has 0 saturated heterocycles. The summed E-state index contributed by atoms with van der Waals surface area (Å²) >= 11 is 0. The van der Waals surface area contributed by atoms with Gasteiger partial charge in [0.25, 0.3) is 0 Å². The molecule has 1 rings (SSSR count). The van der Waals surface area contributed by atoms with E-state index in [-0.39, 0.29) is 23.6 Å². The van der Waals surface area contributed by atoms with Gasteiger partial charge in [-0.2, -0.15) is 0 Å². The Kier molecular flexibility index (Phi) is 2.63. The maximum absolute atomic E-state index is 11.2. The number of rotatable bonds is 2. The molecule has 12 heavy (non-hydrogen) atoms. The molecule has 3 heteroatoms. The second-order valence-electron chi connectivity index (χ2n) is 2.83. The minimum absolute atomic E-state index is 0.00746. The quantitative estimate of drug-likeness (QED) is 0.576. The first-order chi connectivity index (χ1) is 5.66. The predicted molar refractivity (Wildman–Crippen MR) is 43.4 cm³/mol. The fraction of sp³-hybridized carbons (Fsp3) is 0.556. The number of hydrogen-bond donors (Lipinski definition) is 0. The number of carbonyl (C=O) groups excluding carboxylic acids is 2. The highest BCUT2D eigenvalue weighted by molar-refractivity contribution is 5.99. The Morgan fingerprint density at radius 2 is 2.33 bits per heavy atom. The molecule has 0 saturated carbocycles. The van der Waals surface area contributed by atoms with Crippen LogP contribution in [-0.2, 0) is 14.3 Å². The molecule has 0 heterocycles. The number of allylic oxidation sites excluding steroid dienone is 1. The Morgan fingerprint density at radius 1 is 1.67 bits per heavy atom. The summed E-state index contributed by atoms with van der Waals surface area (Å²) in [5, 5.41) is 0. The van der Waals surface area contributed by atoms with Gasteiger partial charge in [0.2, 0.25) is 0 Å². The number of ether oxygens (including phenoxy) is 1. The maximum atomic E-state index is 11.2. The molecule has 3 nitrogen and oxygen atoms in total. The monoisotopic (exact) mass is 168 g/mol. The van der Waals surface area contributed by atoms with E-state index in [1.807, 2.05) is 0 Å². The van der Waals surface area contributed by atoms with Gasteiger partial charge in [0.15, 0.2) is 5.78 Å². The van der Waals surface area contributed by atoms with Crippen molar-refractivity contribution in [2.45, 2.75) is 13.8 Å². The molecule has 0 aliphatic heterocycles. The number of ketones is 1. The average Bonchev–Trinajstić information content (AvgIpc) is 2.34. The zero-order chi connectivity index (χ0) is 9.14. The van der Waals surface area contributed by atoms with Gasteiger partial charge in [-0.05, 0) is 13.0 Å². The van der Waals surface area contributed by atoms with Crippen LogP contribution in [0.25, 0.3) is 0 Å². The molecule has 1 aliphatic rings. The van der Waals surface area contributed by atoms with E-state index in [0.29, 0.717) is 6.61 Å². The summed E-state index contributed by atoms with van der Waals surface area (Å²) in [6.45, 7) is 3.86. The van der Waals surface area contributed by atoms with Crippen LogP contribution in [0.5, 0.6) is 0 Å². The van der Waals surface area contributed by atoms with Crippen LogP contribution >= 0.6 is 0 Å². The molecule has 0 N–H and O–H groups in total. The molecule has 0 aromatic heterocycles. The topological polar surface area (TPSA) is 43.4 Å². The molecule has 2 atom stereocenters. The van der Waals surface area contributed by atoms with E-state index in [1.54, 1.807) is 19.9 Å².